The Bertz CT molecular complexity index is 806. The highest BCUT2D eigenvalue weighted by Gasteiger charge is 2.27. The first-order valence-corrected chi connectivity index (χ1v) is 11.0. The van der Waals surface area contributed by atoms with Gasteiger partial charge in [-0.2, -0.15) is 0 Å². The lowest BCUT2D eigenvalue weighted by Crippen LogP contribution is -2.48. The Labute approximate surface area is 175 Å². The van der Waals surface area contributed by atoms with Gasteiger partial charge in [0.1, 0.15) is 6.10 Å². The standard InChI is InChI=1S/C23H27BrN2O2/c24-19-11-12-22-18(13-19)14-20(16-26(22)15-17-7-3-1-4-8-17)25-23(27)28-21-9-5-2-6-10-21/h1,3-4,7-8,11-13,20-21H,2,5-6,9-10,14-16H2,(H,25,27). The van der Waals surface area contributed by atoms with Crippen molar-refractivity contribution in [1.82, 2.24) is 5.32 Å². The third-order valence-electron chi connectivity index (χ3n) is 5.65. The van der Waals surface area contributed by atoms with Crippen molar-refractivity contribution in [2.24, 2.45) is 0 Å². The van der Waals surface area contributed by atoms with Crippen molar-refractivity contribution >= 4 is 27.7 Å². The number of ether oxygens (including phenoxy) is 1. The van der Waals surface area contributed by atoms with Crippen LogP contribution in [0.1, 0.15) is 43.2 Å². The second kappa shape index (κ2) is 8.99. The monoisotopic (exact) mass is 442 g/mol. The Hall–Kier alpha value is -2.01. The van der Waals surface area contributed by atoms with Crippen molar-refractivity contribution in [3.63, 3.8) is 0 Å². The first-order chi connectivity index (χ1) is 13.7. The number of hydrogen-bond acceptors (Lipinski definition) is 3. The van der Waals surface area contributed by atoms with Crippen LogP contribution in [-0.2, 0) is 17.7 Å². The molecular formula is C23H27BrN2O2. The van der Waals surface area contributed by atoms with Crippen molar-refractivity contribution in [3.05, 3.63) is 64.1 Å². The maximum atomic E-state index is 12.5. The molecule has 4 rings (SSSR count). The van der Waals surface area contributed by atoms with E-state index in [0.29, 0.717) is 0 Å². The molecule has 2 aromatic rings. The minimum Gasteiger partial charge on any atom is -0.446 e. The first kappa shape index (κ1) is 19.3. The molecule has 5 heteroatoms. The molecule has 1 atom stereocenters. The topological polar surface area (TPSA) is 41.6 Å². The summed E-state index contributed by atoms with van der Waals surface area (Å²) in [7, 11) is 0. The molecule has 2 aliphatic rings. The second-order valence-corrected chi connectivity index (χ2v) is 8.77. The zero-order valence-corrected chi connectivity index (χ0v) is 17.7. The third-order valence-corrected chi connectivity index (χ3v) is 6.15. The Morgan fingerprint density at radius 1 is 1.11 bits per heavy atom. The lowest BCUT2D eigenvalue weighted by atomic mass is 9.97. The Morgan fingerprint density at radius 3 is 2.68 bits per heavy atom. The quantitative estimate of drug-likeness (QED) is 0.685. The highest BCUT2D eigenvalue weighted by molar-refractivity contribution is 9.10. The van der Waals surface area contributed by atoms with E-state index in [9.17, 15) is 4.79 Å². The molecule has 1 aliphatic carbocycles. The number of alkyl carbamates (subject to hydrolysis) is 1. The van der Waals surface area contributed by atoms with Crippen LogP contribution in [0.5, 0.6) is 0 Å². The molecule has 0 saturated heterocycles. The SMILES string of the molecule is O=C(NC1Cc2cc(Br)ccc2N(Cc2ccccc2)C1)OC1CCCCC1. The molecule has 0 radical (unpaired) electrons. The van der Waals surface area contributed by atoms with E-state index in [4.69, 9.17) is 4.74 Å². The molecule has 1 N–H and O–H groups in total. The second-order valence-electron chi connectivity index (χ2n) is 7.85. The number of amides is 1. The average Bonchev–Trinajstić information content (AvgIpc) is 2.69. The molecule has 1 heterocycles. The van der Waals surface area contributed by atoms with Gasteiger partial charge in [0.15, 0.2) is 0 Å². The molecule has 0 bridgehead atoms. The van der Waals surface area contributed by atoms with Gasteiger partial charge in [-0.1, -0.05) is 52.7 Å². The van der Waals surface area contributed by atoms with E-state index in [1.54, 1.807) is 0 Å². The van der Waals surface area contributed by atoms with E-state index in [0.717, 1.165) is 49.7 Å². The van der Waals surface area contributed by atoms with Crippen LogP contribution in [0.25, 0.3) is 0 Å². The van der Waals surface area contributed by atoms with Gasteiger partial charge >= 0.3 is 6.09 Å². The largest absolute Gasteiger partial charge is 0.446 e. The molecule has 1 fully saturated rings. The minimum absolute atomic E-state index is 0.0432. The molecule has 2 aromatic carbocycles. The van der Waals surface area contributed by atoms with Gasteiger partial charge in [0.25, 0.3) is 0 Å². The van der Waals surface area contributed by atoms with Crippen molar-refractivity contribution in [2.75, 3.05) is 11.4 Å². The summed E-state index contributed by atoms with van der Waals surface area (Å²) in [6, 6.07) is 16.9. The van der Waals surface area contributed by atoms with Crippen molar-refractivity contribution < 1.29 is 9.53 Å². The van der Waals surface area contributed by atoms with E-state index >= 15 is 0 Å². The van der Waals surface area contributed by atoms with Crippen LogP contribution < -0.4 is 10.2 Å². The number of carbonyl (C=O) groups excluding carboxylic acids is 1. The fourth-order valence-corrected chi connectivity index (χ4v) is 4.71. The molecule has 1 aliphatic heterocycles. The number of rotatable bonds is 4. The Balaban J connectivity index is 1.46. The molecule has 1 unspecified atom stereocenters. The highest BCUT2D eigenvalue weighted by Crippen LogP contribution is 2.31. The zero-order chi connectivity index (χ0) is 19.3. The number of fused-ring (bicyclic) bond motifs is 1. The summed E-state index contributed by atoms with van der Waals surface area (Å²) in [6.45, 7) is 1.61. The maximum Gasteiger partial charge on any atom is 0.407 e. The highest BCUT2D eigenvalue weighted by atomic mass is 79.9. The normalized spacial score (nSPS) is 19.8. The van der Waals surface area contributed by atoms with Gasteiger partial charge in [0.05, 0.1) is 6.04 Å². The van der Waals surface area contributed by atoms with E-state index in [1.807, 2.05) is 6.07 Å². The Morgan fingerprint density at radius 2 is 1.89 bits per heavy atom. The van der Waals surface area contributed by atoms with Crippen molar-refractivity contribution in [2.45, 2.75) is 57.2 Å². The van der Waals surface area contributed by atoms with Gasteiger partial charge in [0, 0.05) is 23.2 Å². The Kier molecular flexibility index (Phi) is 6.20. The average molecular weight is 443 g/mol. The maximum absolute atomic E-state index is 12.5. The summed E-state index contributed by atoms with van der Waals surface area (Å²) < 4.78 is 6.75. The third kappa shape index (κ3) is 4.88. The molecular weight excluding hydrogens is 416 g/mol. The van der Waals surface area contributed by atoms with Crippen LogP contribution in [0.2, 0.25) is 0 Å². The van der Waals surface area contributed by atoms with Crippen LogP contribution in [0.3, 0.4) is 0 Å². The van der Waals surface area contributed by atoms with Gasteiger partial charge in [-0.05, 0) is 61.4 Å². The number of hydrogen-bond donors (Lipinski definition) is 1. The molecule has 1 saturated carbocycles. The van der Waals surface area contributed by atoms with Gasteiger partial charge in [-0.25, -0.2) is 4.79 Å². The number of halogens is 1. The number of benzene rings is 2. The summed E-state index contributed by atoms with van der Waals surface area (Å²) in [5.41, 5.74) is 3.76. The lowest BCUT2D eigenvalue weighted by molar-refractivity contribution is 0.0729. The number of nitrogens with one attached hydrogen (secondary N) is 1. The zero-order valence-electron chi connectivity index (χ0n) is 16.1. The fourth-order valence-electron chi connectivity index (χ4n) is 4.31. The summed E-state index contributed by atoms with van der Waals surface area (Å²) in [6.07, 6.45) is 6.20. The number of anilines is 1. The smallest absolute Gasteiger partial charge is 0.407 e. The summed E-state index contributed by atoms with van der Waals surface area (Å²) in [5.74, 6) is 0. The van der Waals surface area contributed by atoms with Gasteiger partial charge in [-0.3, -0.25) is 0 Å². The minimum atomic E-state index is -0.269. The lowest BCUT2D eigenvalue weighted by Gasteiger charge is -2.37. The van der Waals surface area contributed by atoms with Crippen LogP contribution in [0.4, 0.5) is 10.5 Å². The molecule has 0 aromatic heterocycles. The number of carbonyl (C=O) groups is 1. The van der Waals surface area contributed by atoms with E-state index in [1.165, 1.54) is 23.2 Å². The first-order valence-electron chi connectivity index (χ1n) is 10.2. The summed E-state index contributed by atoms with van der Waals surface area (Å²) in [5, 5.41) is 3.12. The van der Waals surface area contributed by atoms with E-state index in [-0.39, 0.29) is 18.2 Å². The molecule has 28 heavy (non-hydrogen) atoms. The van der Waals surface area contributed by atoms with Gasteiger partial charge in [0.2, 0.25) is 0 Å². The van der Waals surface area contributed by atoms with E-state index in [2.05, 4.69) is 68.6 Å². The van der Waals surface area contributed by atoms with Crippen molar-refractivity contribution in [1.29, 1.82) is 0 Å². The van der Waals surface area contributed by atoms with Gasteiger partial charge in [-0.15, -0.1) is 0 Å². The van der Waals surface area contributed by atoms with Crippen LogP contribution in [0.15, 0.2) is 53.0 Å². The van der Waals surface area contributed by atoms with Crippen LogP contribution >= 0.6 is 15.9 Å². The van der Waals surface area contributed by atoms with Crippen LogP contribution in [0, 0.1) is 0 Å². The summed E-state index contributed by atoms with van der Waals surface area (Å²) in [4.78, 5) is 14.8. The summed E-state index contributed by atoms with van der Waals surface area (Å²) >= 11 is 3.58. The molecule has 0 spiro atoms. The van der Waals surface area contributed by atoms with E-state index < -0.39 is 0 Å². The predicted molar refractivity (Wildman–Crippen MR) is 116 cm³/mol. The number of nitrogens with zero attached hydrogens (tertiary/aromatic N) is 1. The van der Waals surface area contributed by atoms with Gasteiger partial charge < -0.3 is 15.0 Å². The molecule has 148 valence electrons. The van der Waals surface area contributed by atoms with Crippen LogP contribution in [-0.4, -0.2) is 24.8 Å². The van der Waals surface area contributed by atoms with Crippen molar-refractivity contribution in [3.8, 4) is 0 Å². The molecule has 4 nitrogen and oxygen atoms in total. The molecule has 1 amide bonds. The fraction of sp³-hybridized carbons (Fsp3) is 0.435. The predicted octanol–water partition coefficient (Wildman–Crippen LogP) is 5.44.